The standard InChI is InChI=1S/C19H27N5O3/c1-2-20-15-5-8-21-18(22-15)23-9-6-19(7-10-23)11-14(17(26)27)24(12-19)16(25)13-3-4-13/h5,8,13-14H,2-4,6-7,9-12H2,1H3,(H,26,27)(H,20,21,22). The van der Waals surface area contributed by atoms with Crippen molar-refractivity contribution in [2.75, 3.05) is 36.4 Å². The molecule has 8 heteroatoms. The summed E-state index contributed by atoms with van der Waals surface area (Å²) in [6.45, 7) is 4.98. The Hall–Kier alpha value is -2.38. The van der Waals surface area contributed by atoms with Gasteiger partial charge in [-0.1, -0.05) is 0 Å². The van der Waals surface area contributed by atoms with Gasteiger partial charge in [-0.05, 0) is 50.5 Å². The number of hydrogen-bond donors (Lipinski definition) is 2. The predicted octanol–water partition coefficient (Wildman–Crippen LogP) is 1.59. The minimum Gasteiger partial charge on any atom is -0.480 e. The zero-order valence-corrected chi connectivity index (χ0v) is 15.7. The third-order valence-electron chi connectivity index (χ3n) is 6.11. The van der Waals surface area contributed by atoms with E-state index in [0.717, 1.165) is 51.1 Å². The zero-order valence-electron chi connectivity index (χ0n) is 15.7. The molecule has 1 saturated carbocycles. The number of amides is 1. The average molecular weight is 373 g/mol. The number of aromatic nitrogens is 2. The van der Waals surface area contributed by atoms with Gasteiger partial charge < -0.3 is 20.2 Å². The molecule has 1 amide bonds. The van der Waals surface area contributed by atoms with Crippen LogP contribution in [0.4, 0.5) is 11.8 Å². The molecule has 0 aromatic carbocycles. The Labute approximate surface area is 159 Å². The first-order valence-corrected chi connectivity index (χ1v) is 9.86. The highest BCUT2D eigenvalue weighted by Gasteiger charge is 2.51. The minimum absolute atomic E-state index is 0.0448. The molecule has 3 heterocycles. The number of carboxylic acid groups (broad SMARTS) is 1. The van der Waals surface area contributed by atoms with Crippen molar-refractivity contribution in [2.24, 2.45) is 11.3 Å². The fourth-order valence-electron chi connectivity index (χ4n) is 4.40. The number of nitrogens with one attached hydrogen (secondary N) is 1. The Morgan fingerprint density at radius 3 is 2.70 bits per heavy atom. The first-order chi connectivity index (χ1) is 13.0. The largest absolute Gasteiger partial charge is 0.480 e. The van der Waals surface area contributed by atoms with Crippen LogP contribution in [0.2, 0.25) is 0 Å². The lowest BCUT2D eigenvalue weighted by molar-refractivity contribution is -0.148. The molecule has 3 fully saturated rings. The van der Waals surface area contributed by atoms with Crippen LogP contribution < -0.4 is 10.2 Å². The van der Waals surface area contributed by atoms with E-state index in [1.807, 2.05) is 13.0 Å². The number of rotatable bonds is 5. The Balaban J connectivity index is 1.44. The van der Waals surface area contributed by atoms with E-state index in [1.165, 1.54) is 0 Å². The molecular weight excluding hydrogens is 346 g/mol. The molecule has 1 spiro atoms. The average Bonchev–Trinajstić information content (AvgIpc) is 3.45. The lowest BCUT2D eigenvalue weighted by Gasteiger charge is -2.39. The number of carbonyl (C=O) groups is 2. The zero-order chi connectivity index (χ0) is 19.0. The van der Waals surface area contributed by atoms with Gasteiger partial charge >= 0.3 is 5.97 Å². The number of nitrogens with zero attached hydrogens (tertiary/aromatic N) is 4. The summed E-state index contributed by atoms with van der Waals surface area (Å²) >= 11 is 0. The molecular formula is C19H27N5O3. The molecule has 2 saturated heterocycles. The van der Waals surface area contributed by atoms with Crippen molar-refractivity contribution in [2.45, 2.75) is 45.1 Å². The van der Waals surface area contributed by atoms with Gasteiger partial charge in [0.15, 0.2) is 0 Å². The van der Waals surface area contributed by atoms with Gasteiger partial charge in [0, 0.05) is 38.3 Å². The van der Waals surface area contributed by atoms with Gasteiger partial charge in [0.05, 0.1) is 0 Å². The maximum absolute atomic E-state index is 12.6. The van der Waals surface area contributed by atoms with E-state index in [-0.39, 0.29) is 17.2 Å². The van der Waals surface area contributed by atoms with Gasteiger partial charge in [0.2, 0.25) is 11.9 Å². The number of aliphatic carboxylic acids is 1. The molecule has 1 unspecified atom stereocenters. The summed E-state index contributed by atoms with van der Waals surface area (Å²) in [5, 5.41) is 12.8. The third-order valence-corrected chi connectivity index (χ3v) is 6.11. The van der Waals surface area contributed by atoms with Crippen LogP contribution in [-0.4, -0.2) is 64.1 Å². The maximum atomic E-state index is 12.6. The van der Waals surface area contributed by atoms with Gasteiger partial charge in [-0.3, -0.25) is 4.79 Å². The van der Waals surface area contributed by atoms with E-state index >= 15 is 0 Å². The molecule has 2 aliphatic heterocycles. The van der Waals surface area contributed by atoms with Crippen molar-refractivity contribution >= 4 is 23.6 Å². The minimum atomic E-state index is -0.870. The van der Waals surface area contributed by atoms with Crippen LogP contribution in [0.3, 0.4) is 0 Å². The third kappa shape index (κ3) is 3.57. The Morgan fingerprint density at radius 1 is 1.33 bits per heavy atom. The normalized spacial score (nSPS) is 24.3. The molecule has 3 aliphatic rings. The van der Waals surface area contributed by atoms with Crippen molar-refractivity contribution in [3.63, 3.8) is 0 Å². The van der Waals surface area contributed by atoms with Crippen LogP contribution >= 0.6 is 0 Å². The molecule has 1 aromatic heterocycles. The second-order valence-electron chi connectivity index (χ2n) is 8.06. The first-order valence-electron chi connectivity index (χ1n) is 9.86. The van der Waals surface area contributed by atoms with Crippen LogP contribution in [0.15, 0.2) is 12.3 Å². The lowest BCUT2D eigenvalue weighted by Crippen LogP contribution is -2.44. The maximum Gasteiger partial charge on any atom is 0.326 e. The highest BCUT2D eigenvalue weighted by Crippen LogP contribution is 2.45. The lowest BCUT2D eigenvalue weighted by atomic mass is 9.76. The molecule has 0 bridgehead atoms. The smallest absolute Gasteiger partial charge is 0.326 e. The highest BCUT2D eigenvalue weighted by molar-refractivity contribution is 5.87. The molecule has 4 rings (SSSR count). The molecule has 8 nitrogen and oxygen atoms in total. The Morgan fingerprint density at radius 2 is 2.07 bits per heavy atom. The molecule has 27 heavy (non-hydrogen) atoms. The summed E-state index contributed by atoms with van der Waals surface area (Å²) < 4.78 is 0. The van der Waals surface area contributed by atoms with Crippen molar-refractivity contribution in [3.05, 3.63) is 12.3 Å². The van der Waals surface area contributed by atoms with Crippen molar-refractivity contribution in [1.82, 2.24) is 14.9 Å². The number of piperidine rings is 1. The van der Waals surface area contributed by atoms with E-state index < -0.39 is 12.0 Å². The van der Waals surface area contributed by atoms with Gasteiger partial charge in [-0.25, -0.2) is 9.78 Å². The van der Waals surface area contributed by atoms with Crippen molar-refractivity contribution < 1.29 is 14.7 Å². The fraction of sp³-hybridized carbons (Fsp3) is 0.684. The summed E-state index contributed by atoms with van der Waals surface area (Å²) in [6.07, 6.45) is 5.85. The van der Waals surface area contributed by atoms with E-state index in [0.29, 0.717) is 18.9 Å². The van der Waals surface area contributed by atoms with Crippen molar-refractivity contribution in [1.29, 1.82) is 0 Å². The van der Waals surface area contributed by atoms with E-state index in [2.05, 4.69) is 20.2 Å². The molecule has 0 radical (unpaired) electrons. The molecule has 146 valence electrons. The fourth-order valence-corrected chi connectivity index (χ4v) is 4.40. The summed E-state index contributed by atoms with van der Waals surface area (Å²) in [4.78, 5) is 37.1. The summed E-state index contributed by atoms with van der Waals surface area (Å²) in [5.74, 6) is 0.760. The van der Waals surface area contributed by atoms with Crippen LogP contribution in [0, 0.1) is 11.3 Å². The second kappa shape index (κ2) is 6.98. The van der Waals surface area contributed by atoms with Crippen LogP contribution in [0.5, 0.6) is 0 Å². The molecule has 2 N–H and O–H groups in total. The van der Waals surface area contributed by atoms with Crippen LogP contribution in [-0.2, 0) is 9.59 Å². The summed E-state index contributed by atoms with van der Waals surface area (Å²) in [7, 11) is 0. The van der Waals surface area contributed by atoms with E-state index in [9.17, 15) is 14.7 Å². The van der Waals surface area contributed by atoms with Gasteiger partial charge in [0.25, 0.3) is 0 Å². The SMILES string of the molecule is CCNc1ccnc(N2CCC3(CC2)CC(C(=O)O)N(C(=O)C2CC2)C3)n1. The molecule has 1 aromatic rings. The topological polar surface area (TPSA) is 98.7 Å². The van der Waals surface area contributed by atoms with E-state index in [1.54, 1.807) is 11.1 Å². The van der Waals surface area contributed by atoms with Crippen LogP contribution in [0.1, 0.15) is 39.0 Å². The number of carboxylic acids is 1. The predicted molar refractivity (Wildman–Crippen MR) is 101 cm³/mol. The van der Waals surface area contributed by atoms with Gasteiger partial charge in [-0.2, -0.15) is 4.98 Å². The Kier molecular flexibility index (Phi) is 4.65. The van der Waals surface area contributed by atoms with Gasteiger partial charge in [0.1, 0.15) is 11.9 Å². The quantitative estimate of drug-likeness (QED) is 0.809. The second-order valence-corrected chi connectivity index (χ2v) is 8.06. The number of hydrogen-bond acceptors (Lipinski definition) is 6. The number of carbonyl (C=O) groups excluding carboxylic acids is 1. The number of likely N-dealkylation sites (tertiary alicyclic amines) is 1. The summed E-state index contributed by atoms with van der Waals surface area (Å²) in [6, 6.07) is 1.19. The van der Waals surface area contributed by atoms with Gasteiger partial charge in [-0.15, -0.1) is 0 Å². The van der Waals surface area contributed by atoms with Crippen LogP contribution in [0.25, 0.3) is 0 Å². The monoisotopic (exact) mass is 373 g/mol. The molecule has 1 aliphatic carbocycles. The number of anilines is 2. The van der Waals surface area contributed by atoms with Crippen molar-refractivity contribution in [3.8, 4) is 0 Å². The van der Waals surface area contributed by atoms with E-state index in [4.69, 9.17) is 0 Å². The highest BCUT2D eigenvalue weighted by atomic mass is 16.4. The Bertz CT molecular complexity index is 728. The summed E-state index contributed by atoms with van der Waals surface area (Å²) in [5.41, 5.74) is -0.0939. The first kappa shape index (κ1) is 18.0. The molecule has 1 atom stereocenters.